The lowest BCUT2D eigenvalue weighted by Gasteiger charge is -2.43. The highest BCUT2D eigenvalue weighted by molar-refractivity contribution is 5.80. The number of piperidine rings is 1. The number of hydrogen-bond acceptors (Lipinski definition) is 2. The van der Waals surface area contributed by atoms with Crippen molar-refractivity contribution in [3.63, 3.8) is 0 Å². The molecular formula is C20H29NO2. The summed E-state index contributed by atoms with van der Waals surface area (Å²) in [4.78, 5) is 14.5. The van der Waals surface area contributed by atoms with Gasteiger partial charge in [-0.25, -0.2) is 0 Å². The number of hydrogen-bond donors (Lipinski definition) is 1. The fraction of sp³-hybridized carbons (Fsp3) is 0.650. The summed E-state index contributed by atoms with van der Waals surface area (Å²) < 4.78 is 0. The van der Waals surface area contributed by atoms with Gasteiger partial charge in [-0.2, -0.15) is 0 Å². The van der Waals surface area contributed by atoms with Crippen LogP contribution >= 0.6 is 0 Å². The monoisotopic (exact) mass is 315 g/mol. The number of likely N-dealkylation sites (tertiary alicyclic amines) is 1. The summed E-state index contributed by atoms with van der Waals surface area (Å²) in [7, 11) is 0. The average Bonchev–Trinajstić information content (AvgIpc) is 2.52. The standard InChI is InChI=1S/C20H29NO2/c1-14(2)15-4-6-16(7-5-15)17-8-10-21(11-9-17)19(22)18-12-20(3,23)13-18/h4-7,14,17-18,23H,8-13H2,1-3H3/t18-,20+. The van der Waals surface area contributed by atoms with E-state index in [1.807, 2.05) is 11.8 Å². The summed E-state index contributed by atoms with van der Waals surface area (Å²) >= 11 is 0. The van der Waals surface area contributed by atoms with Crippen LogP contribution in [0.25, 0.3) is 0 Å². The number of carbonyl (C=O) groups is 1. The molecule has 1 aliphatic heterocycles. The van der Waals surface area contributed by atoms with Crippen LogP contribution in [0.4, 0.5) is 0 Å². The normalized spacial score (nSPS) is 28.7. The fourth-order valence-electron chi connectivity index (χ4n) is 4.02. The summed E-state index contributed by atoms with van der Waals surface area (Å²) in [6.45, 7) is 7.97. The molecule has 1 saturated heterocycles. The predicted octanol–water partition coefficient (Wildman–Crippen LogP) is 3.68. The molecule has 1 amide bonds. The van der Waals surface area contributed by atoms with Crippen LogP contribution in [0.3, 0.4) is 0 Å². The van der Waals surface area contributed by atoms with Gasteiger partial charge in [0.05, 0.1) is 5.60 Å². The van der Waals surface area contributed by atoms with Crippen molar-refractivity contribution in [2.24, 2.45) is 5.92 Å². The van der Waals surface area contributed by atoms with Gasteiger partial charge in [0.15, 0.2) is 0 Å². The maximum Gasteiger partial charge on any atom is 0.225 e. The molecule has 2 fully saturated rings. The molecule has 0 atom stereocenters. The second-order valence-electron chi connectivity index (χ2n) is 8.02. The van der Waals surface area contributed by atoms with Crippen LogP contribution in [0.1, 0.15) is 69.4 Å². The lowest BCUT2D eigenvalue weighted by Crippen LogP contribution is -2.51. The largest absolute Gasteiger partial charge is 0.390 e. The Balaban J connectivity index is 1.53. The Labute approximate surface area is 139 Å². The highest BCUT2D eigenvalue weighted by atomic mass is 16.3. The third-order valence-corrected chi connectivity index (χ3v) is 5.60. The Bertz CT molecular complexity index is 546. The Morgan fingerprint density at radius 1 is 1.17 bits per heavy atom. The molecule has 1 heterocycles. The van der Waals surface area contributed by atoms with Crippen LogP contribution in [-0.2, 0) is 4.79 Å². The second kappa shape index (κ2) is 6.27. The zero-order chi connectivity index (χ0) is 16.6. The zero-order valence-corrected chi connectivity index (χ0v) is 14.6. The minimum absolute atomic E-state index is 0.0480. The minimum Gasteiger partial charge on any atom is -0.390 e. The van der Waals surface area contributed by atoms with Gasteiger partial charge in [0, 0.05) is 19.0 Å². The van der Waals surface area contributed by atoms with E-state index in [0.717, 1.165) is 25.9 Å². The number of carbonyl (C=O) groups excluding carboxylic acids is 1. The van der Waals surface area contributed by atoms with Crippen molar-refractivity contribution in [1.82, 2.24) is 4.90 Å². The van der Waals surface area contributed by atoms with Crippen molar-refractivity contribution in [2.75, 3.05) is 13.1 Å². The molecular weight excluding hydrogens is 286 g/mol. The van der Waals surface area contributed by atoms with Crippen LogP contribution < -0.4 is 0 Å². The van der Waals surface area contributed by atoms with Gasteiger partial charge in [-0.3, -0.25) is 4.79 Å². The van der Waals surface area contributed by atoms with E-state index in [2.05, 4.69) is 38.1 Å². The topological polar surface area (TPSA) is 40.5 Å². The quantitative estimate of drug-likeness (QED) is 0.924. The molecule has 126 valence electrons. The Hall–Kier alpha value is -1.35. The first kappa shape index (κ1) is 16.5. The first-order valence-corrected chi connectivity index (χ1v) is 8.97. The van der Waals surface area contributed by atoms with Crippen LogP contribution in [0.15, 0.2) is 24.3 Å². The molecule has 3 nitrogen and oxygen atoms in total. The molecule has 1 aromatic rings. The van der Waals surface area contributed by atoms with Gasteiger partial charge in [0.2, 0.25) is 5.91 Å². The van der Waals surface area contributed by atoms with Crippen molar-refractivity contribution in [1.29, 1.82) is 0 Å². The van der Waals surface area contributed by atoms with Crippen LogP contribution in [0, 0.1) is 5.92 Å². The summed E-state index contributed by atoms with van der Waals surface area (Å²) in [6.07, 6.45) is 3.36. The van der Waals surface area contributed by atoms with Gasteiger partial charge in [-0.05, 0) is 55.6 Å². The number of rotatable bonds is 3. The minimum atomic E-state index is -0.614. The van der Waals surface area contributed by atoms with Gasteiger partial charge >= 0.3 is 0 Å². The number of aliphatic hydroxyl groups is 1. The lowest BCUT2D eigenvalue weighted by atomic mass is 9.71. The van der Waals surface area contributed by atoms with E-state index in [4.69, 9.17) is 0 Å². The molecule has 0 aromatic heterocycles. The fourth-order valence-corrected chi connectivity index (χ4v) is 4.02. The van der Waals surface area contributed by atoms with Crippen molar-refractivity contribution < 1.29 is 9.90 Å². The predicted molar refractivity (Wildman–Crippen MR) is 92.4 cm³/mol. The number of benzene rings is 1. The number of nitrogens with zero attached hydrogens (tertiary/aromatic N) is 1. The molecule has 2 aliphatic rings. The van der Waals surface area contributed by atoms with E-state index in [1.54, 1.807) is 0 Å². The molecule has 1 aliphatic carbocycles. The molecule has 3 heteroatoms. The molecule has 0 spiro atoms. The molecule has 0 bridgehead atoms. The van der Waals surface area contributed by atoms with E-state index in [-0.39, 0.29) is 11.8 Å². The summed E-state index contributed by atoms with van der Waals surface area (Å²) in [5, 5.41) is 9.81. The van der Waals surface area contributed by atoms with Crippen molar-refractivity contribution in [3.8, 4) is 0 Å². The summed E-state index contributed by atoms with van der Waals surface area (Å²) in [5.74, 6) is 1.45. The van der Waals surface area contributed by atoms with E-state index >= 15 is 0 Å². The average molecular weight is 315 g/mol. The van der Waals surface area contributed by atoms with E-state index < -0.39 is 5.60 Å². The third kappa shape index (κ3) is 3.60. The summed E-state index contributed by atoms with van der Waals surface area (Å²) in [5.41, 5.74) is 2.18. The van der Waals surface area contributed by atoms with Gasteiger partial charge in [-0.1, -0.05) is 38.1 Å². The molecule has 3 rings (SSSR count). The van der Waals surface area contributed by atoms with Crippen LogP contribution in [0.2, 0.25) is 0 Å². The highest BCUT2D eigenvalue weighted by Crippen LogP contribution is 2.39. The van der Waals surface area contributed by atoms with Gasteiger partial charge in [-0.15, -0.1) is 0 Å². The Morgan fingerprint density at radius 2 is 1.74 bits per heavy atom. The van der Waals surface area contributed by atoms with E-state index in [9.17, 15) is 9.90 Å². The second-order valence-corrected chi connectivity index (χ2v) is 8.02. The lowest BCUT2D eigenvalue weighted by molar-refractivity contribution is -0.150. The highest BCUT2D eigenvalue weighted by Gasteiger charge is 2.44. The first-order valence-electron chi connectivity index (χ1n) is 8.97. The molecule has 1 saturated carbocycles. The van der Waals surface area contributed by atoms with Crippen molar-refractivity contribution in [3.05, 3.63) is 35.4 Å². The smallest absolute Gasteiger partial charge is 0.225 e. The van der Waals surface area contributed by atoms with Crippen LogP contribution in [0.5, 0.6) is 0 Å². The van der Waals surface area contributed by atoms with Crippen molar-refractivity contribution >= 4 is 5.91 Å². The SMILES string of the molecule is CC(C)c1ccc(C2CCN(C(=O)[C@H]3C[C@@](C)(O)C3)CC2)cc1. The van der Waals surface area contributed by atoms with Gasteiger partial charge < -0.3 is 10.0 Å². The first-order chi connectivity index (χ1) is 10.9. The summed E-state index contributed by atoms with van der Waals surface area (Å²) in [6, 6.07) is 9.02. The van der Waals surface area contributed by atoms with Gasteiger partial charge in [0.25, 0.3) is 0 Å². The zero-order valence-electron chi connectivity index (χ0n) is 14.6. The maximum absolute atomic E-state index is 12.4. The molecule has 23 heavy (non-hydrogen) atoms. The molecule has 1 N–H and O–H groups in total. The molecule has 1 aromatic carbocycles. The number of amides is 1. The van der Waals surface area contributed by atoms with Crippen LogP contribution in [-0.4, -0.2) is 34.6 Å². The maximum atomic E-state index is 12.4. The van der Waals surface area contributed by atoms with E-state index in [1.165, 1.54) is 11.1 Å². The van der Waals surface area contributed by atoms with Crippen molar-refractivity contribution in [2.45, 2.75) is 63.9 Å². The molecule has 0 radical (unpaired) electrons. The Morgan fingerprint density at radius 3 is 2.22 bits per heavy atom. The Kier molecular flexibility index (Phi) is 4.50. The van der Waals surface area contributed by atoms with Gasteiger partial charge in [0.1, 0.15) is 0 Å². The third-order valence-electron chi connectivity index (χ3n) is 5.60. The van der Waals surface area contributed by atoms with E-state index in [0.29, 0.717) is 24.7 Å². The molecule has 0 unspecified atom stereocenters.